The zero-order valence-corrected chi connectivity index (χ0v) is 12.4. The minimum absolute atomic E-state index is 0.0204. The Morgan fingerprint density at radius 3 is 2.56 bits per heavy atom. The summed E-state index contributed by atoms with van der Waals surface area (Å²) in [6.07, 6.45) is 2.46. The summed E-state index contributed by atoms with van der Waals surface area (Å²) in [6, 6.07) is 7.03. The molecule has 1 unspecified atom stereocenters. The number of sulfonamides is 1. The molecule has 1 N–H and O–H groups in total. The van der Waals surface area contributed by atoms with Gasteiger partial charge in [-0.15, -0.1) is 11.6 Å². The molecule has 0 aromatic heterocycles. The number of hydrogen-bond acceptors (Lipinski definition) is 2. The van der Waals surface area contributed by atoms with E-state index in [0.29, 0.717) is 17.9 Å². The van der Waals surface area contributed by atoms with Crippen molar-refractivity contribution in [2.24, 2.45) is 0 Å². The topological polar surface area (TPSA) is 46.2 Å². The Bertz CT molecular complexity index is 474. The lowest BCUT2D eigenvalue weighted by atomic mass is 10.1. The van der Waals surface area contributed by atoms with Crippen LogP contribution in [0.3, 0.4) is 0 Å². The molecular formula is C13H20ClNO2S. The van der Waals surface area contributed by atoms with E-state index in [0.717, 1.165) is 18.4 Å². The van der Waals surface area contributed by atoms with Gasteiger partial charge in [0.15, 0.2) is 0 Å². The summed E-state index contributed by atoms with van der Waals surface area (Å²) in [5, 5.41) is -0.0204. The van der Waals surface area contributed by atoms with Gasteiger partial charge in [0.25, 0.3) is 0 Å². The van der Waals surface area contributed by atoms with Crippen molar-refractivity contribution in [1.29, 1.82) is 0 Å². The van der Waals surface area contributed by atoms with Gasteiger partial charge in [0.05, 0.1) is 4.90 Å². The van der Waals surface area contributed by atoms with Crippen molar-refractivity contribution < 1.29 is 8.42 Å². The second-order valence-corrected chi connectivity index (χ2v) is 6.55. The van der Waals surface area contributed by atoms with E-state index in [4.69, 9.17) is 11.6 Å². The maximum atomic E-state index is 12.0. The minimum atomic E-state index is -3.41. The van der Waals surface area contributed by atoms with Crippen LogP contribution in [0.5, 0.6) is 0 Å². The fourth-order valence-electron chi connectivity index (χ4n) is 1.86. The van der Waals surface area contributed by atoms with Crippen LogP contribution in [0.1, 0.15) is 32.3 Å². The highest BCUT2D eigenvalue weighted by Crippen LogP contribution is 2.20. The van der Waals surface area contributed by atoms with Crippen molar-refractivity contribution in [1.82, 2.24) is 4.72 Å². The molecule has 0 aliphatic heterocycles. The Morgan fingerprint density at radius 1 is 1.28 bits per heavy atom. The van der Waals surface area contributed by atoms with Crippen LogP contribution in [-0.2, 0) is 16.4 Å². The summed E-state index contributed by atoms with van der Waals surface area (Å²) in [4.78, 5) is 0.341. The normalized spacial score (nSPS) is 13.5. The van der Waals surface area contributed by atoms with Crippen molar-refractivity contribution in [2.45, 2.75) is 43.4 Å². The highest BCUT2D eigenvalue weighted by molar-refractivity contribution is 7.89. The number of alkyl halides is 1. The Labute approximate surface area is 115 Å². The maximum absolute atomic E-state index is 12.0. The second-order valence-electron chi connectivity index (χ2n) is 4.20. The van der Waals surface area contributed by atoms with Crippen LogP contribution < -0.4 is 4.72 Å². The van der Waals surface area contributed by atoms with Gasteiger partial charge in [-0.05, 0) is 24.5 Å². The summed E-state index contributed by atoms with van der Waals surface area (Å²) < 4.78 is 26.6. The van der Waals surface area contributed by atoms with Gasteiger partial charge in [-0.3, -0.25) is 0 Å². The van der Waals surface area contributed by atoms with Crippen molar-refractivity contribution in [2.75, 3.05) is 6.54 Å². The first kappa shape index (κ1) is 15.5. The Balaban J connectivity index is 3.00. The van der Waals surface area contributed by atoms with E-state index < -0.39 is 10.0 Å². The van der Waals surface area contributed by atoms with Crippen LogP contribution in [0.4, 0.5) is 0 Å². The van der Waals surface area contributed by atoms with E-state index in [9.17, 15) is 8.42 Å². The predicted octanol–water partition coefficient (Wildman–Crippen LogP) is 2.93. The second kappa shape index (κ2) is 7.12. The zero-order chi connectivity index (χ0) is 13.6. The largest absolute Gasteiger partial charge is 0.240 e. The number of rotatable bonds is 7. The summed E-state index contributed by atoms with van der Waals surface area (Å²) >= 11 is 6.20. The average Bonchev–Trinajstić information content (AvgIpc) is 2.29. The van der Waals surface area contributed by atoms with Gasteiger partial charge in [-0.2, -0.15) is 0 Å². The number of benzene rings is 1. The van der Waals surface area contributed by atoms with Gasteiger partial charge < -0.3 is 0 Å². The van der Waals surface area contributed by atoms with Crippen molar-refractivity contribution in [3.05, 3.63) is 29.8 Å². The van der Waals surface area contributed by atoms with Gasteiger partial charge >= 0.3 is 0 Å². The lowest BCUT2D eigenvalue weighted by Crippen LogP contribution is -2.24. The number of halogens is 1. The summed E-state index contributed by atoms with van der Waals surface area (Å²) in [7, 11) is -3.41. The molecular weight excluding hydrogens is 270 g/mol. The third-order valence-corrected chi connectivity index (χ3v) is 4.66. The van der Waals surface area contributed by atoms with Crippen LogP contribution in [0.25, 0.3) is 0 Å². The molecule has 1 rings (SSSR count). The van der Waals surface area contributed by atoms with Crippen LogP contribution in [-0.4, -0.2) is 20.3 Å². The molecule has 0 saturated carbocycles. The van der Waals surface area contributed by atoms with Gasteiger partial charge in [-0.1, -0.05) is 38.5 Å². The third kappa shape index (κ3) is 4.26. The van der Waals surface area contributed by atoms with Crippen LogP contribution in [0, 0.1) is 0 Å². The van der Waals surface area contributed by atoms with E-state index >= 15 is 0 Å². The predicted molar refractivity (Wildman–Crippen MR) is 75.6 cm³/mol. The van der Waals surface area contributed by atoms with E-state index in [2.05, 4.69) is 11.6 Å². The molecule has 0 radical (unpaired) electrons. The fourth-order valence-corrected chi connectivity index (χ4v) is 3.53. The number of nitrogens with one attached hydrogen (secondary N) is 1. The van der Waals surface area contributed by atoms with Gasteiger partial charge in [0.2, 0.25) is 10.0 Å². The monoisotopic (exact) mass is 289 g/mol. The molecule has 0 aliphatic carbocycles. The molecule has 1 aromatic rings. The minimum Gasteiger partial charge on any atom is -0.211 e. The summed E-state index contributed by atoms with van der Waals surface area (Å²) in [5.74, 6) is 0. The first-order valence-corrected chi connectivity index (χ1v) is 8.14. The molecule has 3 nitrogen and oxygen atoms in total. The molecule has 0 aliphatic rings. The highest BCUT2D eigenvalue weighted by Gasteiger charge is 2.18. The van der Waals surface area contributed by atoms with Gasteiger partial charge in [-0.25, -0.2) is 13.1 Å². The lowest BCUT2D eigenvalue weighted by Gasteiger charge is -2.13. The first-order valence-electron chi connectivity index (χ1n) is 6.22. The molecule has 102 valence electrons. The number of hydrogen-bond donors (Lipinski definition) is 1. The molecule has 5 heteroatoms. The van der Waals surface area contributed by atoms with Crippen molar-refractivity contribution >= 4 is 21.6 Å². The van der Waals surface area contributed by atoms with E-state index in [1.807, 2.05) is 12.1 Å². The van der Waals surface area contributed by atoms with Crippen molar-refractivity contribution in [3.8, 4) is 0 Å². The fraction of sp³-hybridized carbons (Fsp3) is 0.538. The molecule has 0 saturated heterocycles. The lowest BCUT2D eigenvalue weighted by molar-refractivity contribution is 0.582. The summed E-state index contributed by atoms with van der Waals surface area (Å²) in [5.41, 5.74) is 0.784. The van der Waals surface area contributed by atoms with Crippen molar-refractivity contribution in [3.63, 3.8) is 0 Å². The van der Waals surface area contributed by atoms with Crippen LogP contribution in [0.2, 0.25) is 0 Å². The Hall–Kier alpha value is -0.580. The maximum Gasteiger partial charge on any atom is 0.240 e. The quantitative estimate of drug-likeness (QED) is 0.785. The van der Waals surface area contributed by atoms with E-state index in [1.165, 1.54) is 0 Å². The third-order valence-electron chi connectivity index (χ3n) is 2.64. The van der Waals surface area contributed by atoms with Crippen LogP contribution >= 0.6 is 11.6 Å². The molecule has 0 heterocycles. The smallest absolute Gasteiger partial charge is 0.211 e. The molecule has 0 spiro atoms. The Kier molecular flexibility index (Phi) is 6.12. The molecule has 0 fully saturated rings. The highest BCUT2D eigenvalue weighted by atomic mass is 35.5. The summed E-state index contributed by atoms with van der Waals surface area (Å²) in [6.45, 7) is 4.22. The van der Waals surface area contributed by atoms with E-state index in [-0.39, 0.29) is 5.38 Å². The Morgan fingerprint density at radius 2 is 1.94 bits per heavy atom. The SMILES string of the molecule is CCCC(Cl)Cc1ccccc1S(=O)(=O)NCC. The molecule has 0 amide bonds. The first-order chi connectivity index (χ1) is 8.51. The molecule has 1 atom stereocenters. The standard InChI is InChI=1S/C13H20ClNO2S/c1-3-7-12(14)10-11-8-5-6-9-13(11)18(16,17)15-4-2/h5-6,8-9,12,15H,3-4,7,10H2,1-2H3. The van der Waals surface area contributed by atoms with Gasteiger partial charge in [0.1, 0.15) is 0 Å². The van der Waals surface area contributed by atoms with Gasteiger partial charge in [0, 0.05) is 11.9 Å². The zero-order valence-electron chi connectivity index (χ0n) is 10.8. The van der Waals surface area contributed by atoms with E-state index in [1.54, 1.807) is 19.1 Å². The molecule has 1 aromatic carbocycles. The molecule has 18 heavy (non-hydrogen) atoms. The average molecular weight is 290 g/mol. The molecule has 0 bridgehead atoms. The van der Waals surface area contributed by atoms with Crippen LogP contribution in [0.15, 0.2) is 29.2 Å².